The lowest BCUT2D eigenvalue weighted by atomic mass is 10.0. The first kappa shape index (κ1) is 31.5. The molecular weight excluding hydrogens is 549 g/mol. The van der Waals surface area contributed by atoms with Crippen LogP contribution in [-0.2, 0) is 23.1 Å². The molecule has 0 aromatic heterocycles. The van der Waals surface area contributed by atoms with Gasteiger partial charge >= 0.3 is 19.7 Å². The van der Waals surface area contributed by atoms with Crippen molar-refractivity contribution in [1.82, 2.24) is 21.3 Å². The van der Waals surface area contributed by atoms with Crippen molar-refractivity contribution in [2.75, 3.05) is 38.7 Å². The molecule has 3 aliphatic rings. The number of carbonyl (C=O) groups is 3. The molecule has 0 radical (unpaired) electrons. The first-order valence-electron chi connectivity index (χ1n) is 13.7. The molecule has 2 fully saturated rings. The Morgan fingerprint density at radius 3 is 2.62 bits per heavy atom. The van der Waals surface area contributed by atoms with Crippen LogP contribution in [0.5, 0.6) is 0 Å². The summed E-state index contributed by atoms with van der Waals surface area (Å²) in [7, 11) is -3.80. The van der Waals surface area contributed by atoms with Crippen LogP contribution in [0.2, 0.25) is 0 Å². The fraction of sp³-hybridized carbons (Fsp3) is 0.833. The highest BCUT2D eigenvalue weighted by atomic mass is 32.2. The number of amides is 4. The lowest BCUT2D eigenvalue weighted by molar-refractivity contribution is -0.515. The Morgan fingerprint density at radius 1 is 1.18 bits per heavy atom. The SMILES string of the molecule is CCOP(=O)(OCC)[C@@]1(C)[C@@H](COC(=O)NCCCNC(=O)CCCC[C@H]2SCC3NC(=O)NC32)CC=[N+]1[O-]. The molecular formula is C24H42N5O8PS. The molecule has 3 aliphatic heterocycles. The van der Waals surface area contributed by atoms with Gasteiger partial charge in [-0.15, -0.1) is 0 Å². The smallest absolute Gasteiger partial charge is 0.407 e. The van der Waals surface area contributed by atoms with Gasteiger partial charge in [-0.2, -0.15) is 16.5 Å². The second-order valence-electron chi connectivity index (χ2n) is 9.96. The molecule has 0 aromatic carbocycles. The number of hydrogen-bond acceptors (Lipinski definition) is 9. The molecule has 3 rings (SSSR count). The van der Waals surface area contributed by atoms with Crippen molar-refractivity contribution in [3.8, 4) is 0 Å². The fourth-order valence-corrected chi connectivity index (χ4v) is 8.89. The molecule has 0 spiro atoms. The number of carbonyl (C=O) groups excluding carboxylic acids is 3. The highest BCUT2D eigenvalue weighted by molar-refractivity contribution is 8.00. The number of rotatable bonds is 16. The lowest BCUT2D eigenvalue weighted by Crippen LogP contribution is -2.43. The standard InChI is InChI=1S/C24H42N5O8PS/c1-4-36-38(34,37-5-2)24(3)17(11-14-29(24)33)15-35-23(32)26-13-8-12-25-20(30)10-7-6-9-19-21-18(16-39-19)27-22(31)28-21/h14,17-19,21H,4-13,15-16H2,1-3H3,(H,25,30)(H,26,32)(H2,27,28,31)/t17-,18?,19-,21?,24+/m1/s1. The number of unbranched alkanes of at least 4 members (excludes halogenated alkanes) is 1. The number of nitrogens with zero attached hydrogens (tertiary/aromatic N) is 1. The Balaban J connectivity index is 1.26. The van der Waals surface area contributed by atoms with Crippen LogP contribution in [0.25, 0.3) is 0 Å². The zero-order chi connectivity index (χ0) is 28.5. The van der Waals surface area contributed by atoms with Gasteiger partial charge in [0.1, 0.15) is 6.61 Å². The molecule has 4 amide bonds. The van der Waals surface area contributed by atoms with Crippen LogP contribution in [0.1, 0.15) is 59.3 Å². The van der Waals surface area contributed by atoms with Crippen LogP contribution in [0.15, 0.2) is 0 Å². The van der Waals surface area contributed by atoms with E-state index in [0.29, 0.717) is 35.9 Å². The quantitative estimate of drug-likeness (QED) is 0.0692. The number of hydrogen-bond donors (Lipinski definition) is 4. The minimum atomic E-state index is -3.80. The van der Waals surface area contributed by atoms with Gasteiger partial charge in [-0.1, -0.05) is 6.42 Å². The van der Waals surface area contributed by atoms with Crippen molar-refractivity contribution >= 4 is 43.6 Å². The summed E-state index contributed by atoms with van der Waals surface area (Å²) in [6.07, 6.45) is 4.62. The summed E-state index contributed by atoms with van der Waals surface area (Å²) in [6.45, 7) is 5.69. The van der Waals surface area contributed by atoms with E-state index in [2.05, 4.69) is 21.3 Å². The van der Waals surface area contributed by atoms with Gasteiger partial charge in [0.2, 0.25) is 5.91 Å². The van der Waals surface area contributed by atoms with Crippen LogP contribution in [0, 0.1) is 11.1 Å². The van der Waals surface area contributed by atoms with E-state index >= 15 is 0 Å². The Morgan fingerprint density at radius 2 is 1.90 bits per heavy atom. The number of ether oxygens (including phenoxy) is 1. The van der Waals surface area contributed by atoms with Gasteiger partial charge in [-0.05, 0) is 33.1 Å². The van der Waals surface area contributed by atoms with E-state index in [9.17, 15) is 24.2 Å². The summed E-state index contributed by atoms with van der Waals surface area (Å²) < 4.78 is 30.1. The zero-order valence-electron chi connectivity index (χ0n) is 22.9. The van der Waals surface area contributed by atoms with Crippen LogP contribution in [-0.4, -0.2) is 90.3 Å². The third-order valence-corrected chi connectivity index (χ3v) is 11.7. The molecule has 0 aliphatic carbocycles. The predicted octanol–water partition coefficient (Wildman–Crippen LogP) is 2.53. The maximum absolute atomic E-state index is 13.4. The maximum atomic E-state index is 13.4. The minimum absolute atomic E-state index is 0.0303. The maximum Gasteiger partial charge on any atom is 0.407 e. The van der Waals surface area contributed by atoms with Crippen LogP contribution in [0.4, 0.5) is 9.59 Å². The summed E-state index contributed by atoms with van der Waals surface area (Å²) in [4.78, 5) is 35.7. The topological polar surface area (TPSA) is 170 Å². The molecule has 0 bridgehead atoms. The van der Waals surface area contributed by atoms with Crippen molar-refractivity contribution in [2.24, 2.45) is 5.92 Å². The average molecular weight is 592 g/mol. The van der Waals surface area contributed by atoms with E-state index in [1.54, 1.807) is 13.8 Å². The lowest BCUT2D eigenvalue weighted by Gasteiger charge is -2.34. The third kappa shape index (κ3) is 7.80. The van der Waals surface area contributed by atoms with E-state index in [1.165, 1.54) is 13.1 Å². The van der Waals surface area contributed by atoms with Gasteiger partial charge in [0, 0.05) is 43.9 Å². The second kappa shape index (κ2) is 14.6. The fourth-order valence-electron chi connectivity index (χ4n) is 5.12. The average Bonchev–Trinajstić information content (AvgIpc) is 3.54. The highest BCUT2D eigenvalue weighted by Crippen LogP contribution is 2.64. The van der Waals surface area contributed by atoms with E-state index in [1.807, 2.05) is 11.8 Å². The molecule has 39 heavy (non-hydrogen) atoms. The van der Waals surface area contributed by atoms with Gasteiger partial charge < -0.3 is 40.3 Å². The van der Waals surface area contributed by atoms with Gasteiger partial charge in [0.15, 0.2) is 6.21 Å². The highest BCUT2D eigenvalue weighted by Gasteiger charge is 2.63. The molecule has 3 heterocycles. The third-order valence-electron chi connectivity index (χ3n) is 7.37. The summed E-state index contributed by atoms with van der Waals surface area (Å²) in [5, 5.41) is 22.9. The Labute approximate surface area is 234 Å². The summed E-state index contributed by atoms with van der Waals surface area (Å²) in [5.74, 6) is 0.334. The number of nitrogens with one attached hydrogen (secondary N) is 4. The van der Waals surface area contributed by atoms with Gasteiger partial charge in [-0.25, -0.2) is 9.59 Å². The first-order valence-corrected chi connectivity index (χ1v) is 16.3. The monoisotopic (exact) mass is 591 g/mol. The number of alkyl carbamates (subject to hydrolysis) is 1. The Kier molecular flexibility index (Phi) is 11.8. The molecule has 13 nitrogen and oxygen atoms in total. The number of thioether (sulfide) groups is 1. The van der Waals surface area contributed by atoms with E-state index in [-0.39, 0.29) is 50.3 Å². The predicted molar refractivity (Wildman–Crippen MR) is 148 cm³/mol. The van der Waals surface area contributed by atoms with E-state index in [4.69, 9.17) is 13.8 Å². The Bertz CT molecular complexity index is 945. The van der Waals surface area contributed by atoms with Gasteiger partial charge in [-0.3, -0.25) is 9.36 Å². The largest absolute Gasteiger partial charge is 0.623 e. The van der Waals surface area contributed by atoms with Crippen molar-refractivity contribution in [3.05, 3.63) is 5.21 Å². The van der Waals surface area contributed by atoms with Crippen molar-refractivity contribution in [2.45, 2.75) is 81.9 Å². The van der Waals surface area contributed by atoms with Crippen molar-refractivity contribution in [3.63, 3.8) is 0 Å². The minimum Gasteiger partial charge on any atom is -0.623 e. The van der Waals surface area contributed by atoms with Crippen LogP contribution in [0.3, 0.4) is 0 Å². The van der Waals surface area contributed by atoms with E-state index in [0.717, 1.165) is 25.0 Å². The van der Waals surface area contributed by atoms with Gasteiger partial charge in [0.05, 0.1) is 31.2 Å². The van der Waals surface area contributed by atoms with Gasteiger partial charge in [0.25, 0.3) is 5.28 Å². The zero-order valence-corrected chi connectivity index (χ0v) is 24.7. The second-order valence-corrected chi connectivity index (χ2v) is 13.7. The summed E-state index contributed by atoms with van der Waals surface area (Å²) >= 11 is 1.87. The molecule has 4 N–H and O–H groups in total. The molecule has 15 heteroatoms. The van der Waals surface area contributed by atoms with E-state index < -0.39 is 24.9 Å². The van der Waals surface area contributed by atoms with Crippen molar-refractivity contribution < 1.29 is 37.5 Å². The Hall–Kier alpha value is -2.02. The van der Waals surface area contributed by atoms with Crippen LogP contribution >= 0.6 is 19.4 Å². The molecule has 2 saturated heterocycles. The molecule has 5 atom stereocenters. The number of urea groups is 1. The normalized spacial score (nSPS) is 27.9. The molecule has 2 unspecified atom stereocenters. The summed E-state index contributed by atoms with van der Waals surface area (Å²) in [6, 6.07) is 0.311. The molecule has 222 valence electrons. The first-order chi connectivity index (χ1) is 18.6. The molecule has 0 saturated carbocycles. The van der Waals surface area contributed by atoms with Crippen LogP contribution < -0.4 is 21.3 Å². The number of hydroxylamine groups is 1. The van der Waals surface area contributed by atoms with Crippen molar-refractivity contribution in [1.29, 1.82) is 0 Å². The number of fused-ring (bicyclic) bond motifs is 1. The molecule has 0 aromatic rings. The summed E-state index contributed by atoms with van der Waals surface area (Å²) in [5.41, 5.74) is 0.